The molecule has 0 atom stereocenters. The Labute approximate surface area is 116 Å². The van der Waals surface area contributed by atoms with Crippen molar-refractivity contribution in [3.05, 3.63) is 41.2 Å². The predicted octanol–water partition coefficient (Wildman–Crippen LogP) is 4.49. The summed E-state index contributed by atoms with van der Waals surface area (Å²) in [5.74, 6) is -0.682. The Kier molecular flexibility index (Phi) is 6.20. The van der Waals surface area contributed by atoms with Crippen LogP contribution < -0.4 is 5.32 Å². The van der Waals surface area contributed by atoms with E-state index in [0.717, 1.165) is 25.2 Å². The molecule has 1 aromatic carbocycles. The normalized spacial score (nSPS) is 12.6. The van der Waals surface area contributed by atoms with E-state index in [0.29, 0.717) is 17.9 Å². The summed E-state index contributed by atoms with van der Waals surface area (Å²) in [6.45, 7) is 5.87. The quantitative estimate of drug-likeness (QED) is 0.601. The van der Waals surface area contributed by atoms with Gasteiger partial charge in [0, 0.05) is 0 Å². The molecule has 0 aliphatic carbocycles. The lowest BCUT2D eigenvalue weighted by Gasteiger charge is -2.08. The van der Waals surface area contributed by atoms with Crippen LogP contribution in [0.25, 0.3) is 6.08 Å². The lowest BCUT2D eigenvalue weighted by atomic mass is 10.1. The molecule has 0 fully saturated rings. The van der Waals surface area contributed by atoms with Gasteiger partial charge in [-0.3, -0.25) is 0 Å². The van der Waals surface area contributed by atoms with Gasteiger partial charge in [0.25, 0.3) is 0 Å². The zero-order valence-corrected chi connectivity index (χ0v) is 11.6. The molecule has 0 saturated carbocycles. The van der Waals surface area contributed by atoms with Crippen molar-refractivity contribution in [2.75, 3.05) is 13.1 Å². The Balaban J connectivity index is 2.56. The van der Waals surface area contributed by atoms with E-state index >= 15 is 0 Å². The van der Waals surface area contributed by atoms with Crippen LogP contribution in [0.2, 0.25) is 0 Å². The van der Waals surface area contributed by atoms with Crippen molar-refractivity contribution in [3.63, 3.8) is 0 Å². The smallest absolute Gasteiger partial charge is 0.316 e. The third-order valence-corrected chi connectivity index (χ3v) is 2.65. The van der Waals surface area contributed by atoms with Crippen LogP contribution in [0.15, 0.2) is 24.3 Å². The number of rotatable bonds is 6. The van der Waals surface area contributed by atoms with E-state index in [1.165, 1.54) is 6.07 Å². The maximum absolute atomic E-state index is 13.1. The van der Waals surface area contributed by atoms with Gasteiger partial charge in [0.05, 0.1) is 5.56 Å². The summed E-state index contributed by atoms with van der Waals surface area (Å²) < 4.78 is 50.6. The molecule has 0 radical (unpaired) electrons. The van der Waals surface area contributed by atoms with Gasteiger partial charge in [-0.05, 0) is 43.1 Å². The van der Waals surface area contributed by atoms with Gasteiger partial charge in [0.2, 0.25) is 0 Å². The molecule has 0 unspecified atom stereocenters. The molecular formula is C15H19F4N. The number of alkyl halides is 3. The van der Waals surface area contributed by atoms with Crippen LogP contribution in [0.5, 0.6) is 0 Å². The third kappa shape index (κ3) is 5.74. The Morgan fingerprint density at radius 2 is 1.95 bits per heavy atom. The first-order chi connectivity index (χ1) is 9.30. The van der Waals surface area contributed by atoms with Crippen molar-refractivity contribution in [2.24, 2.45) is 5.92 Å². The van der Waals surface area contributed by atoms with E-state index in [9.17, 15) is 17.6 Å². The van der Waals surface area contributed by atoms with Crippen LogP contribution in [0, 0.1) is 11.7 Å². The monoisotopic (exact) mass is 289 g/mol. The van der Waals surface area contributed by atoms with Crippen molar-refractivity contribution in [1.82, 2.24) is 5.32 Å². The van der Waals surface area contributed by atoms with Gasteiger partial charge in [-0.2, -0.15) is 13.2 Å². The average Bonchev–Trinajstić information content (AvgIpc) is 2.33. The minimum Gasteiger partial charge on any atom is -0.316 e. The first-order valence-corrected chi connectivity index (χ1v) is 6.54. The number of hydrogen-bond donors (Lipinski definition) is 1. The van der Waals surface area contributed by atoms with Crippen LogP contribution in [0.1, 0.15) is 31.4 Å². The summed E-state index contributed by atoms with van der Waals surface area (Å²) in [4.78, 5) is 0. The fraction of sp³-hybridized carbons (Fsp3) is 0.467. The van der Waals surface area contributed by atoms with Gasteiger partial charge >= 0.3 is 6.18 Å². The minimum absolute atomic E-state index is 0.350. The highest BCUT2D eigenvalue weighted by atomic mass is 19.4. The molecule has 5 heteroatoms. The van der Waals surface area contributed by atoms with Crippen LogP contribution in [-0.4, -0.2) is 13.1 Å². The molecule has 0 saturated heterocycles. The fourth-order valence-corrected chi connectivity index (χ4v) is 1.66. The zero-order valence-electron chi connectivity index (χ0n) is 11.6. The standard InChI is InChI=1S/C15H19F4N/c1-11(2)10-20-8-4-3-5-12-6-7-14(16)13(9-12)15(17,18)19/h3,5-7,9,11,20H,4,8,10H2,1-2H3/b5-3+. The molecular weight excluding hydrogens is 270 g/mol. The molecule has 1 rings (SSSR count). The molecule has 0 aromatic heterocycles. The van der Waals surface area contributed by atoms with Gasteiger partial charge in [-0.25, -0.2) is 4.39 Å². The summed E-state index contributed by atoms with van der Waals surface area (Å²) in [7, 11) is 0. The molecule has 0 aliphatic heterocycles. The van der Waals surface area contributed by atoms with Crippen molar-refractivity contribution in [3.8, 4) is 0 Å². The summed E-state index contributed by atoms with van der Waals surface area (Å²) in [6.07, 6.45) is -0.593. The molecule has 20 heavy (non-hydrogen) atoms. The second kappa shape index (κ2) is 7.43. The SMILES string of the molecule is CC(C)CNCC/C=C/c1ccc(F)c(C(F)(F)F)c1. The van der Waals surface area contributed by atoms with Crippen molar-refractivity contribution < 1.29 is 17.6 Å². The van der Waals surface area contributed by atoms with E-state index in [4.69, 9.17) is 0 Å². The molecule has 0 heterocycles. The largest absolute Gasteiger partial charge is 0.419 e. The first-order valence-electron chi connectivity index (χ1n) is 6.54. The highest BCUT2D eigenvalue weighted by molar-refractivity contribution is 5.50. The number of nitrogens with one attached hydrogen (secondary N) is 1. The molecule has 0 amide bonds. The van der Waals surface area contributed by atoms with Gasteiger partial charge in [-0.1, -0.05) is 32.1 Å². The maximum atomic E-state index is 13.1. The topological polar surface area (TPSA) is 12.0 Å². The molecule has 1 nitrogen and oxygen atoms in total. The van der Waals surface area contributed by atoms with E-state index < -0.39 is 17.6 Å². The average molecular weight is 289 g/mol. The predicted molar refractivity (Wildman–Crippen MR) is 72.8 cm³/mol. The number of halogens is 4. The van der Waals surface area contributed by atoms with E-state index in [1.807, 2.05) is 0 Å². The summed E-state index contributed by atoms with van der Waals surface area (Å²) in [5, 5.41) is 3.22. The van der Waals surface area contributed by atoms with Gasteiger partial charge < -0.3 is 5.32 Å². The minimum atomic E-state index is -4.66. The highest BCUT2D eigenvalue weighted by Crippen LogP contribution is 2.32. The van der Waals surface area contributed by atoms with Crippen molar-refractivity contribution in [2.45, 2.75) is 26.4 Å². The summed E-state index contributed by atoms with van der Waals surface area (Å²) in [6, 6.07) is 3.01. The number of hydrogen-bond acceptors (Lipinski definition) is 1. The van der Waals surface area contributed by atoms with Crippen LogP contribution in [-0.2, 0) is 6.18 Å². The zero-order chi connectivity index (χ0) is 15.2. The van der Waals surface area contributed by atoms with E-state index in [1.54, 1.807) is 12.2 Å². The Morgan fingerprint density at radius 3 is 2.55 bits per heavy atom. The molecule has 0 aliphatic rings. The second-order valence-electron chi connectivity index (χ2n) is 5.03. The maximum Gasteiger partial charge on any atom is 0.419 e. The number of benzene rings is 1. The molecule has 1 N–H and O–H groups in total. The molecule has 0 spiro atoms. The van der Waals surface area contributed by atoms with Crippen LogP contribution in [0.4, 0.5) is 17.6 Å². The molecule has 1 aromatic rings. The summed E-state index contributed by atoms with van der Waals surface area (Å²) in [5.41, 5.74) is -0.875. The van der Waals surface area contributed by atoms with E-state index in [-0.39, 0.29) is 0 Å². The first kappa shape index (κ1) is 16.7. The summed E-state index contributed by atoms with van der Waals surface area (Å²) >= 11 is 0. The lowest BCUT2D eigenvalue weighted by molar-refractivity contribution is -0.140. The second-order valence-corrected chi connectivity index (χ2v) is 5.03. The Morgan fingerprint density at radius 1 is 1.25 bits per heavy atom. The van der Waals surface area contributed by atoms with Gasteiger partial charge in [0.15, 0.2) is 0 Å². The molecule has 0 bridgehead atoms. The van der Waals surface area contributed by atoms with Crippen molar-refractivity contribution in [1.29, 1.82) is 0 Å². The fourth-order valence-electron chi connectivity index (χ4n) is 1.66. The highest BCUT2D eigenvalue weighted by Gasteiger charge is 2.33. The Bertz CT molecular complexity index is 450. The third-order valence-electron chi connectivity index (χ3n) is 2.65. The van der Waals surface area contributed by atoms with Gasteiger partial charge in [-0.15, -0.1) is 0 Å². The van der Waals surface area contributed by atoms with E-state index in [2.05, 4.69) is 19.2 Å². The van der Waals surface area contributed by atoms with Gasteiger partial charge in [0.1, 0.15) is 5.82 Å². The van der Waals surface area contributed by atoms with Crippen molar-refractivity contribution >= 4 is 6.08 Å². The van der Waals surface area contributed by atoms with Crippen LogP contribution in [0.3, 0.4) is 0 Å². The molecule has 112 valence electrons. The van der Waals surface area contributed by atoms with Crippen LogP contribution >= 0.6 is 0 Å². The lowest BCUT2D eigenvalue weighted by Crippen LogP contribution is -2.20. The Hall–Kier alpha value is -1.36.